The fourth-order valence-electron chi connectivity index (χ4n) is 3.37. The molecule has 2 fully saturated rings. The smallest absolute Gasteiger partial charge is 0.151 e. The quantitative estimate of drug-likeness (QED) is 0.931. The van der Waals surface area contributed by atoms with Gasteiger partial charge in [-0.2, -0.15) is 0 Å². The zero-order chi connectivity index (χ0) is 13.9. The maximum absolute atomic E-state index is 6.02. The Labute approximate surface area is 125 Å². The molecule has 5 heteroatoms. The van der Waals surface area contributed by atoms with Crippen LogP contribution in [0.3, 0.4) is 0 Å². The van der Waals surface area contributed by atoms with Crippen LogP contribution in [-0.4, -0.2) is 42.6 Å². The van der Waals surface area contributed by atoms with Gasteiger partial charge in [-0.3, -0.25) is 0 Å². The molecule has 2 aliphatic heterocycles. The molecular weight excluding hydrogens is 272 g/mol. The Hall–Kier alpha value is -1.00. The fraction of sp³-hybridized carbons (Fsp3) is 0.667. The van der Waals surface area contributed by atoms with Crippen LogP contribution in [0.1, 0.15) is 25.7 Å². The van der Waals surface area contributed by atoms with Gasteiger partial charge in [0.05, 0.1) is 10.7 Å². The summed E-state index contributed by atoms with van der Waals surface area (Å²) in [7, 11) is 0. The molecule has 110 valence electrons. The van der Waals surface area contributed by atoms with E-state index in [0.717, 1.165) is 24.8 Å². The molecule has 0 spiro atoms. The number of piperidine rings is 1. The number of nitrogen functional groups attached to an aromatic ring is 1. The summed E-state index contributed by atoms with van der Waals surface area (Å²) in [6.45, 7) is 5.98. The Morgan fingerprint density at radius 3 is 2.55 bits per heavy atom. The predicted molar refractivity (Wildman–Crippen MR) is 84.3 cm³/mol. The van der Waals surface area contributed by atoms with E-state index < -0.39 is 0 Å². The monoisotopic (exact) mass is 294 g/mol. The molecule has 1 aromatic heterocycles. The van der Waals surface area contributed by atoms with Gasteiger partial charge in [0.15, 0.2) is 5.82 Å². The summed E-state index contributed by atoms with van der Waals surface area (Å²) in [5.41, 5.74) is 6.71. The third kappa shape index (κ3) is 3.18. The SMILES string of the molecule is Nc1cc(Cl)cnc1N1CCC(CN2CCCC2)CC1. The van der Waals surface area contributed by atoms with Crippen molar-refractivity contribution in [3.05, 3.63) is 17.3 Å². The Morgan fingerprint density at radius 1 is 1.20 bits per heavy atom. The normalized spacial score (nSPS) is 21.6. The molecule has 3 heterocycles. The number of nitrogens with zero attached hydrogens (tertiary/aromatic N) is 3. The molecule has 3 rings (SSSR count). The van der Waals surface area contributed by atoms with E-state index in [4.69, 9.17) is 17.3 Å². The van der Waals surface area contributed by atoms with E-state index in [1.54, 1.807) is 12.3 Å². The third-order valence-corrected chi connectivity index (χ3v) is 4.70. The topological polar surface area (TPSA) is 45.4 Å². The summed E-state index contributed by atoms with van der Waals surface area (Å²) < 4.78 is 0. The predicted octanol–water partition coefficient (Wildman–Crippen LogP) is 2.63. The van der Waals surface area contributed by atoms with E-state index >= 15 is 0 Å². The van der Waals surface area contributed by atoms with Crippen molar-refractivity contribution in [1.82, 2.24) is 9.88 Å². The second-order valence-corrected chi connectivity index (χ2v) is 6.44. The van der Waals surface area contributed by atoms with Gasteiger partial charge in [0, 0.05) is 25.8 Å². The maximum atomic E-state index is 6.02. The van der Waals surface area contributed by atoms with Gasteiger partial charge in [0.2, 0.25) is 0 Å². The second kappa shape index (κ2) is 6.19. The van der Waals surface area contributed by atoms with Gasteiger partial charge in [0.1, 0.15) is 0 Å². The highest BCUT2D eigenvalue weighted by atomic mass is 35.5. The number of hydrogen-bond acceptors (Lipinski definition) is 4. The van der Waals surface area contributed by atoms with Crippen molar-refractivity contribution in [2.75, 3.05) is 43.4 Å². The minimum Gasteiger partial charge on any atom is -0.396 e. The molecule has 0 unspecified atom stereocenters. The summed E-state index contributed by atoms with van der Waals surface area (Å²) in [5.74, 6) is 1.73. The highest BCUT2D eigenvalue weighted by molar-refractivity contribution is 6.30. The van der Waals surface area contributed by atoms with Crippen LogP contribution in [-0.2, 0) is 0 Å². The zero-order valence-corrected chi connectivity index (χ0v) is 12.6. The molecule has 1 aromatic rings. The van der Waals surface area contributed by atoms with Crippen molar-refractivity contribution in [2.45, 2.75) is 25.7 Å². The minimum atomic E-state index is 0.607. The summed E-state index contributed by atoms with van der Waals surface area (Å²) in [4.78, 5) is 9.31. The van der Waals surface area contributed by atoms with Gasteiger partial charge in [-0.25, -0.2) is 4.98 Å². The summed E-state index contributed by atoms with van der Waals surface area (Å²) in [6.07, 6.45) is 6.91. The fourth-order valence-corrected chi connectivity index (χ4v) is 3.54. The first-order chi connectivity index (χ1) is 9.72. The Bertz CT molecular complexity index is 451. The van der Waals surface area contributed by atoms with Crippen LogP contribution in [0.2, 0.25) is 5.02 Å². The van der Waals surface area contributed by atoms with Crippen molar-refractivity contribution < 1.29 is 0 Å². The van der Waals surface area contributed by atoms with Crippen LogP contribution in [0.4, 0.5) is 11.5 Å². The van der Waals surface area contributed by atoms with Crippen LogP contribution in [0.15, 0.2) is 12.3 Å². The molecule has 0 bridgehead atoms. The van der Waals surface area contributed by atoms with Crippen LogP contribution in [0.25, 0.3) is 0 Å². The van der Waals surface area contributed by atoms with Crippen LogP contribution in [0, 0.1) is 5.92 Å². The molecule has 0 aromatic carbocycles. The first kappa shape index (κ1) is 14.0. The summed E-state index contributed by atoms with van der Waals surface area (Å²) >= 11 is 5.91. The average Bonchev–Trinajstić information content (AvgIpc) is 2.93. The Morgan fingerprint density at radius 2 is 1.90 bits per heavy atom. The third-order valence-electron chi connectivity index (χ3n) is 4.49. The molecule has 0 saturated carbocycles. The van der Waals surface area contributed by atoms with E-state index in [0.29, 0.717) is 10.7 Å². The highest BCUT2D eigenvalue weighted by Crippen LogP contribution is 2.28. The van der Waals surface area contributed by atoms with Gasteiger partial charge >= 0.3 is 0 Å². The van der Waals surface area contributed by atoms with Crippen molar-refractivity contribution in [1.29, 1.82) is 0 Å². The number of halogens is 1. The lowest BCUT2D eigenvalue weighted by atomic mass is 9.96. The second-order valence-electron chi connectivity index (χ2n) is 6.00. The van der Waals surface area contributed by atoms with Crippen LogP contribution >= 0.6 is 11.6 Å². The number of aromatic nitrogens is 1. The summed E-state index contributed by atoms with van der Waals surface area (Å²) in [5, 5.41) is 0.607. The average molecular weight is 295 g/mol. The molecule has 0 amide bonds. The van der Waals surface area contributed by atoms with Gasteiger partial charge < -0.3 is 15.5 Å². The van der Waals surface area contributed by atoms with Crippen molar-refractivity contribution in [3.8, 4) is 0 Å². The largest absolute Gasteiger partial charge is 0.396 e. The lowest BCUT2D eigenvalue weighted by Crippen LogP contribution is -2.38. The van der Waals surface area contributed by atoms with E-state index in [1.165, 1.54) is 45.3 Å². The molecule has 2 aliphatic rings. The van der Waals surface area contributed by atoms with Crippen LogP contribution < -0.4 is 10.6 Å². The molecule has 2 N–H and O–H groups in total. The van der Waals surface area contributed by atoms with Crippen LogP contribution in [0.5, 0.6) is 0 Å². The standard InChI is InChI=1S/C15H23ClN4/c16-13-9-14(17)15(18-10-13)20-7-3-12(4-8-20)11-19-5-1-2-6-19/h9-10,12H,1-8,11,17H2. The number of likely N-dealkylation sites (tertiary alicyclic amines) is 1. The zero-order valence-electron chi connectivity index (χ0n) is 11.9. The molecule has 0 radical (unpaired) electrons. The molecule has 0 aliphatic carbocycles. The van der Waals surface area contributed by atoms with Gasteiger partial charge in [-0.15, -0.1) is 0 Å². The van der Waals surface area contributed by atoms with Crippen molar-refractivity contribution in [2.24, 2.45) is 5.92 Å². The maximum Gasteiger partial charge on any atom is 0.151 e. The summed E-state index contributed by atoms with van der Waals surface area (Å²) in [6, 6.07) is 1.79. The Balaban J connectivity index is 1.55. The molecule has 20 heavy (non-hydrogen) atoms. The first-order valence-corrected chi connectivity index (χ1v) is 7.98. The molecule has 2 saturated heterocycles. The van der Waals surface area contributed by atoms with Crippen molar-refractivity contribution in [3.63, 3.8) is 0 Å². The molecular formula is C15H23ClN4. The van der Waals surface area contributed by atoms with Gasteiger partial charge in [0.25, 0.3) is 0 Å². The lowest BCUT2D eigenvalue weighted by molar-refractivity contribution is 0.249. The molecule has 0 atom stereocenters. The molecule has 4 nitrogen and oxygen atoms in total. The highest BCUT2D eigenvalue weighted by Gasteiger charge is 2.24. The van der Waals surface area contributed by atoms with E-state index in [2.05, 4.69) is 14.8 Å². The van der Waals surface area contributed by atoms with E-state index in [-0.39, 0.29) is 0 Å². The first-order valence-electron chi connectivity index (χ1n) is 7.60. The number of nitrogens with two attached hydrogens (primary N) is 1. The lowest BCUT2D eigenvalue weighted by Gasteiger charge is -2.35. The van der Waals surface area contributed by atoms with E-state index in [9.17, 15) is 0 Å². The van der Waals surface area contributed by atoms with Gasteiger partial charge in [-0.1, -0.05) is 11.6 Å². The van der Waals surface area contributed by atoms with Crippen molar-refractivity contribution >= 4 is 23.1 Å². The minimum absolute atomic E-state index is 0.607. The number of anilines is 2. The van der Waals surface area contributed by atoms with E-state index in [1.807, 2.05) is 0 Å². The Kier molecular flexibility index (Phi) is 4.32. The van der Waals surface area contributed by atoms with Gasteiger partial charge in [-0.05, 0) is 50.8 Å². The number of hydrogen-bond donors (Lipinski definition) is 1. The number of pyridine rings is 1. The number of rotatable bonds is 3.